The minimum atomic E-state index is -0.214. The van der Waals surface area contributed by atoms with Gasteiger partial charge in [-0.3, -0.25) is 9.69 Å². The van der Waals surface area contributed by atoms with E-state index < -0.39 is 0 Å². The van der Waals surface area contributed by atoms with Gasteiger partial charge in [0.15, 0.2) is 11.5 Å². The Hall–Kier alpha value is -2.53. The molecule has 0 N–H and O–H groups in total. The highest BCUT2D eigenvalue weighted by Gasteiger charge is 2.29. The molecule has 0 aliphatic carbocycles. The molecule has 2 aromatic carbocycles. The number of anilines is 1. The number of ether oxygens (including phenoxy) is 2. The number of carbonyl (C=O) groups is 1. The molecule has 0 aromatic heterocycles. The van der Waals surface area contributed by atoms with E-state index in [2.05, 4.69) is 11.0 Å². The van der Waals surface area contributed by atoms with Crippen molar-refractivity contribution in [3.8, 4) is 11.5 Å². The van der Waals surface area contributed by atoms with Gasteiger partial charge >= 0.3 is 0 Å². The topological polar surface area (TPSA) is 42.0 Å². The van der Waals surface area contributed by atoms with Crippen molar-refractivity contribution < 1.29 is 14.3 Å². The van der Waals surface area contributed by atoms with Gasteiger partial charge in [0.2, 0.25) is 5.91 Å². The Balaban J connectivity index is 1.70. The van der Waals surface area contributed by atoms with Crippen LogP contribution in [0.2, 0.25) is 0 Å². The van der Waals surface area contributed by atoms with Crippen LogP contribution in [-0.2, 0) is 17.8 Å². The maximum absolute atomic E-state index is 13.0. The minimum Gasteiger partial charge on any atom is -0.493 e. The van der Waals surface area contributed by atoms with Gasteiger partial charge in [0, 0.05) is 18.8 Å². The minimum absolute atomic E-state index is 0.137. The predicted octanol–water partition coefficient (Wildman–Crippen LogP) is 3.11. The second kappa shape index (κ2) is 7.79. The van der Waals surface area contributed by atoms with Crippen LogP contribution >= 0.6 is 0 Å². The quantitative estimate of drug-likeness (QED) is 0.799. The third-order valence-electron chi connectivity index (χ3n) is 5.05. The van der Waals surface area contributed by atoms with Gasteiger partial charge < -0.3 is 14.4 Å². The van der Waals surface area contributed by atoms with Crippen LogP contribution in [0.5, 0.6) is 11.5 Å². The number of hydrogen-bond donors (Lipinski definition) is 0. The fourth-order valence-electron chi connectivity index (χ4n) is 3.39. The Morgan fingerprint density at radius 3 is 2.62 bits per heavy atom. The van der Waals surface area contributed by atoms with Gasteiger partial charge in [0.05, 0.1) is 20.3 Å². The molecule has 1 aliphatic heterocycles. The van der Waals surface area contributed by atoms with E-state index in [9.17, 15) is 4.79 Å². The smallest absolute Gasteiger partial charge is 0.244 e. The first-order chi connectivity index (χ1) is 12.5. The highest BCUT2D eigenvalue weighted by Crippen LogP contribution is 2.30. The average molecular weight is 354 g/mol. The SMILES string of the molecule is COc1ccc(CN(C)C(C)C(=O)N2CCc3ccccc32)cc1OC. The van der Waals surface area contributed by atoms with Gasteiger partial charge in [0.1, 0.15) is 0 Å². The molecule has 1 aliphatic rings. The van der Waals surface area contributed by atoms with Gasteiger partial charge in [-0.05, 0) is 49.7 Å². The molecule has 0 fully saturated rings. The Bertz CT molecular complexity index is 791. The third kappa shape index (κ3) is 3.53. The van der Waals surface area contributed by atoms with E-state index in [-0.39, 0.29) is 11.9 Å². The summed E-state index contributed by atoms with van der Waals surface area (Å²) in [5.41, 5.74) is 3.37. The average Bonchev–Trinajstić information content (AvgIpc) is 3.10. The summed E-state index contributed by atoms with van der Waals surface area (Å²) >= 11 is 0. The molecular weight excluding hydrogens is 328 g/mol. The van der Waals surface area contributed by atoms with Gasteiger partial charge in [-0.2, -0.15) is 0 Å². The Morgan fingerprint density at radius 1 is 1.15 bits per heavy atom. The maximum Gasteiger partial charge on any atom is 0.244 e. The Morgan fingerprint density at radius 2 is 1.88 bits per heavy atom. The van der Waals surface area contributed by atoms with E-state index >= 15 is 0 Å². The molecule has 1 amide bonds. The van der Waals surface area contributed by atoms with Crippen molar-refractivity contribution in [1.29, 1.82) is 0 Å². The van der Waals surface area contributed by atoms with E-state index in [1.165, 1.54) is 5.56 Å². The van der Waals surface area contributed by atoms with Crippen molar-refractivity contribution in [3.63, 3.8) is 0 Å². The molecular formula is C21H26N2O3. The summed E-state index contributed by atoms with van der Waals surface area (Å²) < 4.78 is 10.7. The van der Waals surface area contributed by atoms with Crippen molar-refractivity contribution in [1.82, 2.24) is 4.90 Å². The molecule has 0 radical (unpaired) electrons. The molecule has 0 saturated carbocycles. The molecule has 0 spiro atoms. The number of likely N-dealkylation sites (N-methyl/N-ethyl adjacent to an activating group) is 1. The standard InChI is InChI=1S/C21H26N2O3/c1-15(21(24)23-12-11-17-7-5-6-8-18(17)23)22(2)14-16-9-10-19(25-3)20(13-16)26-4/h5-10,13,15H,11-12,14H2,1-4H3. The molecule has 1 atom stereocenters. The number of hydrogen-bond acceptors (Lipinski definition) is 4. The number of fused-ring (bicyclic) bond motifs is 1. The largest absolute Gasteiger partial charge is 0.493 e. The Kier molecular flexibility index (Phi) is 5.47. The zero-order chi connectivity index (χ0) is 18.7. The van der Waals surface area contributed by atoms with E-state index in [4.69, 9.17) is 9.47 Å². The number of para-hydroxylation sites is 1. The normalized spacial score (nSPS) is 14.3. The first-order valence-electron chi connectivity index (χ1n) is 8.85. The number of nitrogens with zero attached hydrogens (tertiary/aromatic N) is 2. The summed E-state index contributed by atoms with van der Waals surface area (Å²) in [6.45, 7) is 3.37. The summed E-state index contributed by atoms with van der Waals surface area (Å²) in [7, 11) is 5.22. The number of benzene rings is 2. The monoisotopic (exact) mass is 354 g/mol. The van der Waals surface area contributed by atoms with Crippen molar-refractivity contribution in [2.45, 2.75) is 25.9 Å². The lowest BCUT2D eigenvalue weighted by atomic mass is 10.1. The second-order valence-electron chi connectivity index (χ2n) is 6.65. The molecule has 1 unspecified atom stereocenters. The summed E-state index contributed by atoms with van der Waals surface area (Å²) in [5, 5.41) is 0. The maximum atomic E-state index is 13.0. The summed E-state index contributed by atoms with van der Waals surface area (Å²) in [6, 6.07) is 13.8. The lowest BCUT2D eigenvalue weighted by Gasteiger charge is -2.28. The zero-order valence-corrected chi connectivity index (χ0v) is 15.9. The molecule has 2 aromatic rings. The molecule has 5 heteroatoms. The summed E-state index contributed by atoms with van der Waals surface area (Å²) in [5.74, 6) is 1.54. The van der Waals surface area contributed by atoms with Crippen molar-refractivity contribution in [2.75, 3.05) is 32.7 Å². The summed E-state index contributed by atoms with van der Waals surface area (Å²) in [6.07, 6.45) is 0.925. The number of carbonyl (C=O) groups excluding carboxylic acids is 1. The molecule has 3 rings (SSSR count). The Labute approximate surface area is 155 Å². The van der Waals surface area contributed by atoms with Gasteiger partial charge in [-0.1, -0.05) is 24.3 Å². The van der Waals surface area contributed by atoms with Gasteiger partial charge in [0.25, 0.3) is 0 Å². The number of methoxy groups -OCH3 is 2. The molecule has 0 saturated heterocycles. The first-order valence-corrected chi connectivity index (χ1v) is 8.85. The zero-order valence-electron chi connectivity index (χ0n) is 15.9. The third-order valence-corrected chi connectivity index (χ3v) is 5.05. The van der Waals surface area contributed by atoms with E-state index in [0.717, 1.165) is 24.2 Å². The highest BCUT2D eigenvalue weighted by atomic mass is 16.5. The van der Waals surface area contributed by atoms with Crippen LogP contribution in [-0.4, -0.2) is 44.7 Å². The second-order valence-corrected chi connectivity index (χ2v) is 6.65. The molecule has 0 bridgehead atoms. The van der Waals surface area contributed by atoms with E-state index in [1.807, 2.05) is 55.3 Å². The van der Waals surface area contributed by atoms with Crippen LogP contribution in [0.3, 0.4) is 0 Å². The van der Waals surface area contributed by atoms with Gasteiger partial charge in [-0.15, -0.1) is 0 Å². The van der Waals surface area contributed by atoms with Crippen LogP contribution in [0.15, 0.2) is 42.5 Å². The highest BCUT2D eigenvalue weighted by molar-refractivity contribution is 5.98. The summed E-state index contributed by atoms with van der Waals surface area (Å²) in [4.78, 5) is 17.0. The van der Waals surface area contributed by atoms with Crippen LogP contribution in [0.4, 0.5) is 5.69 Å². The molecule has 5 nitrogen and oxygen atoms in total. The fourth-order valence-corrected chi connectivity index (χ4v) is 3.39. The van der Waals surface area contributed by atoms with E-state index in [1.54, 1.807) is 14.2 Å². The van der Waals surface area contributed by atoms with Crippen molar-refractivity contribution in [2.24, 2.45) is 0 Å². The molecule has 138 valence electrons. The van der Waals surface area contributed by atoms with Crippen molar-refractivity contribution in [3.05, 3.63) is 53.6 Å². The molecule has 26 heavy (non-hydrogen) atoms. The molecule has 1 heterocycles. The number of rotatable bonds is 6. The van der Waals surface area contributed by atoms with E-state index in [0.29, 0.717) is 18.0 Å². The van der Waals surface area contributed by atoms with Crippen LogP contribution in [0, 0.1) is 0 Å². The van der Waals surface area contributed by atoms with Crippen molar-refractivity contribution >= 4 is 11.6 Å². The predicted molar refractivity (Wildman–Crippen MR) is 103 cm³/mol. The number of amides is 1. The lowest BCUT2D eigenvalue weighted by Crippen LogP contribution is -2.45. The fraction of sp³-hybridized carbons (Fsp3) is 0.381. The van der Waals surface area contributed by atoms with Crippen LogP contribution < -0.4 is 14.4 Å². The van der Waals surface area contributed by atoms with Gasteiger partial charge in [-0.25, -0.2) is 0 Å². The van der Waals surface area contributed by atoms with Crippen LogP contribution in [0.25, 0.3) is 0 Å². The van der Waals surface area contributed by atoms with Crippen LogP contribution in [0.1, 0.15) is 18.1 Å². The lowest BCUT2D eigenvalue weighted by molar-refractivity contribution is -0.122. The first kappa shape index (κ1) is 18.3.